The second-order valence-electron chi connectivity index (χ2n) is 5.57. The van der Waals surface area contributed by atoms with Gasteiger partial charge in [0.2, 0.25) is 0 Å². The summed E-state index contributed by atoms with van der Waals surface area (Å²) in [7, 11) is 2.08. The average Bonchev–Trinajstić information content (AvgIpc) is 2.77. The summed E-state index contributed by atoms with van der Waals surface area (Å²) in [4.78, 5) is 11.5. The number of hydrogen-bond acceptors (Lipinski definition) is 3. The number of benzene rings is 1. The number of halogens is 2. The third-order valence-electron chi connectivity index (χ3n) is 3.79. The molecule has 3 nitrogen and oxygen atoms in total. The molecule has 2 aromatic rings. The SMILES string of the molecule is Cc1nc2c(c(N(C)c3cccc(Br)c3)n1)CC(C)C2.Cl. The summed E-state index contributed by atoms with van der Waals surface area (Å²) < 4.78 is 1.08. The minimum absolute atomic E-state index is 0. The first-order chi connectivity index (χ1) is 9.54. The first-order valence-electron chi connectivity index (χ1n) is 6.90. The molecule has 0 N–H and O–H groups in total. The van der Waals surface area contributed by atoms with Crippen LogP contribution < -0.4 is 4.90 Å². The van der Waals surface area contributed by atoms with Gasteiger partial charge in [0.25, 0.3) is 0 Å². The lowest BCUT2D eigenvalue weighted by atomic mass is 10.1. The predicted molar refractivity (Wildman–Crippen MR) is 92.8 cm³/mol. The highest BCUT2D eigenvalue weighted by Crippen LogP contribution is 2.34. The molecule has 0 aliphatic heterocycles. The summed E-state index contributed by atoms with van der Waals surface area (Å²) in [5.41, 5.74) is 3.67. The summed E-state index contributed by atoms with van der Waals surface area (Å²) in [6.07, 6.45) is 2.14. The summed E-state index contributed by atoms with van der Waals surface area (Å²) in [5.74, 6) is 2.57. The van der Waals surface area contributed by atoms with Gasteiger partial charge in [0.15, 0.2) is 0 Å². The molecule has 112 valence electrons. The topological polar surface area (TPSA) is 29.0 Å². The number of rotatable bonds is 2. The van der Waals surface area contributed by atoms with Gasteiger partial charge in [-0.3, -0.25) is 0 Å². The standard InChI is InChI=1S/C16H18BrN3.ClH/c1-10-7-14-15(8-10)18-11(2)19-16(14)20(3)13-6-4-5-12(17)9-13;/h4-6,9-10H,7-8H2,1-3H3;1H. The van der Waals surface area contributed by atoms with Crippen LogP contribution in [0.1, 0.15) is 24.0 Å². The third-order valence-corrected chi connectivity index (χ3v) is 4.28. The molecular weight excluding hydrogens is 350 g/mol. The maximum Gasteiger partial charge on any atom is 0.139 e. The Morgan fingerprint density at radius 1 is 1.24 bits per heavy atom. The molecule has 0 amide bonds. The average molecular weight is 369 g/mol. The van der Waals surface area contributed by atoms with Crippen molar-refractivity contribution >= 4 is 39.8 Å². The van der Waals surface area contributed by atoms with Crippen LogP contribution in [-0.4, -0.2) is 17.0 Å². The summed E-state index contributed by atoms with van der Waals surface area (Å²) >= 11 is 3.53. The Kier molecular flexibility index (Phi) is 4.89. The number of hydrogen-bond donors (Lipinski definition) is 0. The van der Waals surface area contributed by atoms with E-state index in [9.17, 15) is 0 Å². The van der Waals surface area contributed by atoms with Crippen LogP contribution in [-0.2, 0) is 12.8 Å². The van der Waals surface area contributed by atoms with E-state index in [-0.39, 0.29) is 12.4 Å². The molecule has 1 aromatic heterocycles. The maximum atomic E-state index is 4.68. The summed E-state index contributed by atoms with van der Waals surface area (Å²) in [5, 5.41) is 0. The lowest BCUT2D eigenvalue weighted by Crippen LogP contribution is -2.15. The highest BCUT2D eigenvalue weighted by molar-refractivity contribution is 9.10. The first-order valence-corrected chi connectivity index (χ1v) is 7.69. The van der Waals surface area contributed by atoms with Crippen molar-refractivity contribution in [3.05, 3.63) is 45.8 Å². The molecule has 1 aromatic carbocycles. The van der Waals surface area contributed by atoms with E-state index in [0.29, 0.717) is 5.92 Å². The lowest BCUT2D eigenvalue weighted by molar-refractivity contribution is 0.623. The second kappa shape index (κ2) is 6.32. The Labute approximate surface area is 140 Å². The molecule has 0 bridgehead atoms. The van der Waals surface area contributed by atoms with Gasteiger partial charge in [-0.2, -0.15) is 0 Å². The van der Waals surface area contributed by atoms with Crippen molar-refractivity contribution < 1.29 is 0 Å². The zero-order valence-corrected chi connectivity index (χ0v) is 14.8. The lowest BCUT2D eigenvalue weighted by Gasteiger charge is -2.21. The van der Waals surface area contributed by atoms with Crippen molar-refractivity contribution in [3.8, 4) is 0 Å². The predicted octanol–water partition coefficient (Wildman–Crippen LogP) is 4.47. The monoisotopic (exact) mass is 367 g/mol. The largest absolute Gasteiger partial charge is 0.329 e. The molecule has 1 unspecified atom stereocenters. The van der Waals surface area contributed by atoms with E-state index < -0.39 is 0 Å². The van der Waals surface area contributed by atoms with Gasteiger partial charge in [-0.15, -0.1) is 12.4 Å². The zero-order chi connectivity index (χ0) is 14.3. The number of nitrogens with zero attached hydrogens (tertiary/aromatic N) is 3. The van der Waals surface area contributed by atoms with E-state index in [4.69, 9.17) is 0 Å². The minimum Gasteiger partial charge on any atom is -0.329 e. The fourth-order valence-electron chi connectivity index (χ4n) is 2.85. The Balaban J connectivity index is 0.00000161. The van der Waals surface area contributed by atoms with Crippen molar-refractivity contribution in [1.82, 2.24) is 9.97 Å². The zero-order valence-electron chi connectivity index (χ0n) is 12.4. The quantitative estimate of drug-likeness (QED) is 0.783. The van der Waals surface area contributed by atoms with Crippen LogP contribution in [0.5, 0.6) is 0 Å². The van der Waals surface area contributed by atoms with E-state index in [0.717, 1.165) is 34.6 Å². The number of anilines is 2. The van der Waals surface area contributed by atoms with Crippen LogP contribution >= 0.6 is 28.3 Å². The molecule has 0 saturated heterocycles. The third kappa shape index (κ3) is 3.22. The van der Waals surface area contributed by atoms with Gasteiger partial charge in [0, 0.05) is 28.5 Å². The highest BCUT2D eigenvalue weighted by atomic mass is 79.9. The minimum atomic E-state index is 0. The highest BCUT2D eigenvalue weighted by Gasteiger charge is 2.25. The summed E-state index contributed by atoms with van der Waals surface area (Å²) in [6.45, 7) is 4.25. The van der Waals surface area contributed by atoms with E-state index in [1.54, 1.807) is 0 Å². The summed E-state index contributed by atoms with van der Waals surface area (Å²) in [6, 6.07) is 8.30. The molecule has 1 heterocycles. The van der Waals surface area contributed by atoms with Gasteiger partial charge in [-0.05, 0) is 43.9 Å². The van der Waals surface area contributed by atoms with Gasteiger partial charge < -0.3 is 4.90 Å². The van der Waals surface area contributed by atoms with Crippen LogP contribution in [0.3, 0.4) is 0 Å². The molecule has 1 aliphatic rings. The van der Waals surface area contributed by atoms with Gasteiger partial charge in [-0.1, -0.05) is 28.9 Å². The molecule has 1 aliphatic carbocycles. The van der Waals surface area contributed by atoms with Crippen LogP contribution in [0.25, 0.3) is 0 Å². The molecular formula is C16H19BrClN3. The molecule has 1 atom stereocenters. The first kappa shape index (κ1) is 16.2. The number of aryl methyl sites for hydroxylation is 1. The molecule has 0 radical (unpaired) electrons. The van der Waals surface area contributed by atoms with Gasteiger partial charge in [-0.25, -0.2) is 9.97 Å². The van der Waals surface area contributed by atoms with Crippen molar-refractivity contribution in [2.24, 2.45) is 5.92 Å². The second-order valence-corrected chi connectivity index (χ2v) is 6.49. The molecule has 0 saturated carbocycles. The molecule has 5 heteroatoms. The van der Waals surface area contributed by atoms with Gasteiger partial charge in [0.05, 0.1) is 0 Å². The Morgan fingerprint density at radius 3 is 2.71 bits per heavy atom. The van der Waals surface area contributed by atoms with Crippen molar-refractivity contribution in [1.29, 1.82) is 0 Å². The van der Waals surface area contributed by atoms with Crippen LogP contribution in [0, 0.1) is 12.8 Å². The van der Waals surface area contributed by atoms with E-state index in [2.05, 4.69) is 56.9 Å². The van der Waals surface area contributed by atoms with Crippen molar-refractivity contribution in [2.45, 2.75) is 26.7 Å². The van der Waals surface area contributed by atoms with Crippen LogP contribution in [0.15, 0.2) is 28.7 Å². The Bertz CT molecular complexity index is 660. The Morgan fingerprint density at radius 2 is 2.00 bits per heavy atom. The Hall–Kier alpha value is -1.13. The van der Waals surface area contributed by atoms with Crippen LogP contribution in [0.2, 0.25) is 0 Å². The molecule has 21 heavy (non-hydrogen) atoms. The van der Waals surface area contributed by atoms with E-state index >= 15 is 0 Å². The normalized spacial score (nSPS) is 16.3. The van der Waals surface area contributed by atoms with Gasteiger partial charge in [0.1, 0.15) is 11.6 Å². The van der Waals surface area contributed by atoms with E-state index in [1.807, 2.05) is 19.1 Å². The number of aromatic nitrogens is 2. The van der Waals surface area contributed by atoms with Crippen molar-refractivity contribution in [3.63, 3.8) is 0 Å². The van der Waals surface area contributed by atoms with E-state index in [1.165, 1.54) is 11.3 Å². The van der Waals surface area contributed by atoms with Crippen LogP contribution in [0.4, 0.5) is 11.5 Å². The molecule has 0 fully saturated rings. The molecule has 0 spiro atoms. The fourth-order valence-corrected chi connectivity index (χ4v) is 3.24. The smallest absolute Gasteiger partial charge is 0.139 e. The van der Waals surface area contributed by atoms with Gasteiger partial charge >= 0.3 is 0 Å². The van der Waals surface area contributed by atoms with Crippen molar-refractivity contribution in [2.75, 3.05) is 11.9 Å². The number of fused-ring (bicyclic) bond motifs is 1. The maximum absolute atomic E-state index is 4.68. The molecule has 3 rings (SSSR count). The fraction of sp³-hybridized carbons (Fsp3) is 0.375.